The fraction of sp³-hybridized carbons (Fsp3) is 0.333. The number of allylic oxidation sites excluding steroid dienone is 1. The third-order valence-electron chi connectivity index (χ3n) is 1.70. The number of halogens is 3. The van der Waals surface area contributed by atoms with Gasteiger partial charge in [0.1, 0.15) is 0 Å². The lowest BCUT2D eigenvalue weighted by Crippen LogP contribution is -2.12. The van der Waals surface area contributed by atoms with Crippen molar-refractivity contribution in [2.24, 2.45) is 0 Å². The van der Waals surface area contributed by atoms with E-state index < -0.39 is 17.8 Å². The van der Waals surface area contributed by atoms with Gasteiger partial charge in [0, 0.05) is 11.8 Å². The molecule has 1 aromatic rings. The van der Waals surface area contributed by atoms with Crippen LogP contribution in [0.25, 0.3) is 6.08 Å². The van der Waals surface area contributed by atoms with Crippen molar-refractivity contribution in [1.82, 2.24) is 9.97 Å². The molecule has 0 aromatic carbocycles. The van der Waals surface area contributed by atoms with Gasteiger partial charge in [-0.2, -0.15) is 25.8 Å². The number of hydrogen-bond acceptors (Lipinski definition) is 4. The Morgan fingerprint density at radius 2 is 2.12 bits per heavy atom. The number of nitrogens with zero attached hydrogens (tertiary/aromatic N) is 2. The molecule has 0 aliphatic carbocycles. The smallest absolute Gasteiger partial charge is 0.368 e. The van der Waals surface area contributed by atoms with Crippen LogP contribution in [0.15, 0.2) is 12.3 Å². The molecule has 0 saturated heterocycles. The number of hydrogen-bond donors (Lipinski definition) is 2. The molecule has 88 valence electrons. The van der Waals surface area contributed by atoms with Crippen LogP contribution < -0.4 is 5.73 Å². The minimum absolute atomic E-state index is 0.0940. The molecular weight excluding hydrogens is 239 g/mol. The van der Waals surface area contributed by atoms with Crippen LogP contribution in [0.4, 0.5) is 19.1 Å². The molecule has 2 N–H and O–H groups in total. The predicted octanol–water partition coefficient (Wildman–Crippen LogP) is 2.41. The maximum Gasteiger partial charge on any atom is 0.434 e. The van der Waals surface area contributed by atoms with Gasteiger partial charge in [-0.15, -0.1) is 0 Å². The molecule has 0 radical (unpaired) electrons. The molecule has 0 aliphatic rings. The quantitative estimate of drug-likeness (QED) is 0.809. The van der Waals surface area contributed by atoms with E-state index in [1.165, 1.54) is 6.08 Å². The zero-order chi connectivity index (χ0) is 12.2. The second-order valence-corrected chi connectivity index (χ2v) is 3.39. The van der Waals surface area contributed by atoms with Gasteiger partial charge in [0.2, 0.25) is 5.95 Å². The first-order valence-corrected chi connectivity index (χ1v) is 5.05. The molecule has 1 rings (SSSR count). The second kappa shape index (κ2) is 5.20. The van der Waals surface area contributed by atoms with E-state index in [4.69, 9.17) is 5.73 Å². The second-order valence-electron chi connectivity index (χ2n) is 2.94. The van der Waals surface area contributed by atoms with Gasteiger partial charge in [-0.05, 0) is 12.2 Å². The standard InChI is InChI=1S/C9H10F3N3S/c10-9(11,12)7-6(3-1-2-4-16)5-14-8(13)15-7/h1,3,5,16H,2,4H2,(H2,13,14,15). The van der Waals surface area contributed by atoms with Gasteiger partial charge >= 0.3 is 6.18 Å². The fourth-order valence-corrected chi connectivity index (χ4v) is 1.19. The average molecular weight is 249 g/mol. The van der Waals surface area contributed by atoms with E-state index in [9.17, 15) is 13.2 Å². The Balaban J connectivity index is 3.08. The molecule has 1 aromatic heterocycles. The van der Waals surface area contributed by atoms with Crippen LogP contribution in [0.3, 0.4) is 0 Å². The van der Waals surface area contributed by atoms with Crippen molar-refractivity contribution in [1.29, 1.82) is 0 Å². The molecule has 0 spiro atoms. The SMILES string of the molecule is Nc1ncc(C=CCCS)c(C(F)(F)F)n1. The molecule has 0 aliphatic heterocycles. The lowest BCUT2D eigenvalue weighted by atomic mass is 10.2. The summed E-state index contributed by atoms with van der Waals surface area (Å²) in [4.78, 5) is 6.72. The molecule has 0 atom stereocenters. The van der Waals surface area contributed by atoms with Crippen molar-refractivity contribution in [3.05, 3.63) is 23.5 Å². The van der Waals surface area contributed by atoms with Crippen molar-refractivity contribution in [2.45, 2.75) is 12.6 Å². The molecule has 3 nitrogen and oxygen atoms in total. The van der Waals surface area contributed by atoms with Crippen LogP contribution in [-0.4, -0.2) is 15.7 Å². The molecule has 16 heavy (non-hydrogen) atoms. The van der Waals surface area contributed by atoms with Gasteiger partial charge < -0.3 is 5.73 Å². The lowest BCUT2D eigenvalue weighted by molar-refractivity contribution is -0.141. The number of anilines is 1. The highest BCUT2D eigenvalue weighted by Gasteiger charge is 2.35. The first kappa shape index (κ1) is 12.8. The summed E-state index contributed by atoms with van der Waals surface area (Å²) < 4.78 is 37.6. The fourth-order valence-electron chi connectivity index (χ4n) is 1.04. The predicted molar refractivity (Wildman–Crippen MR) is 59.0 cm³/mol. The van der Waals surface area contributed by atoms with Gasteiger partial charge in [-0.3, -0.25) is 0 Å². The summed E-state index contributed by atoms with van der Waals surface area (Å²) in [6, 6.07) is 0. The lowest BCUT2D eigenvalue weighted by Gasteiger charge is -2.08. The number of thiol groups is 1. The van der Waals surface area contributed by atoms with Crippen LogP contribution >= 0.6 is 12.6 Å². The topological polar surface area (TPSA) is 51.8 Å². The van der Waals surface area contributed by atoms with Crippen LogP contribution in [0.1, 0.15) is 17.7 Å². The van der Waals surface area contributed by atoms with Crippen LogP contribution in [0.5, 0.6) is 0 Å². The number of aromatic nitrogens is 2. The Labute approximate surface area is 96.0 Å². The minimum atomic E-state index is -4.53. The van der Waals surface area contributed by atoms with E-state index in [1.54, 1.807) is 6.08 Å². The van der Waals surface area contributed by atoms with Crippen LogP contribution in [0.2, 0.25) is 0 Å². The molecule has 1 heterocycles. The van der Waals surface area contributed by atoms with E-state index >= 15 is 0 Å². The van der Waals surface area contributed by atoms with Crippen molar-refractivity contribution < 1.29 is 13.2 Å². The Morgan fingerprint density at radius 1 is 1.44 bits per heavy atom. The summed E-state index contributed by atoms with van der Waals surface area (Å²) in [5, 5.41) is 0. The average Bonchev–Trinajstić information content (AvgIpc) is 2.19. The van der Waals surface area contributed by atoms with Crippen molar-refractivity contribution in [3.8, 4) is 0 Å². The third-order valence-corrected chi connectivity index (χ3v) is 1.96. The molecule has 0 saturated carbocycles. The molecule has 0 amide bonds. The summed E-state index contributed by atoms with van der Waals surface area (Å²) in [5.74, 6) is 0.173. The van der Waals surface area contributed by atoms with E-state index in [-0.39, 0.29) is 5.56 Å². The summed E-state index contributed by atoms with van der Waals surface area (Å²) in [6.45, 7) is 0. The van der Waals surface area contributed by atoms with E-state index in [0.29, 0.717) is 12.2 Å². The van der Waals surface area contributed by atoms with E-state index in [2.05, 4.69) is 22.6 Å². The van der Waals surface area contributed by atoms with Crippen LogP contribution in [0, 0.1) is 0 Å². The van der Waals surface area contributed by atoms with Gasteiger partial charge in [-0.1, -0.05) is 12.2 Å². The number of rotatable bonds is 3. The number of nitrogen functional groups attached to an aromatic ring is 1. The van der Waals surface area contributed by atoms with Gasteiger partial charge in [0.05, 0.1) is 0 Å². The summed E-state index contributed by atoms with van der Waals surface area (Å²) in [5.41, 5.74) is 4.01. The number of alkyl halides is 3. The third kappa shape index (κ3) is 3.41. The Kier molecular flexibility index (Phi) is 4.17. The largest absolute Gasteiger partial charge is 0.434 e. The maximum absolute atomic E-state index is 12.5. The Morgan fingerprint density at radius 3 is 2.69 bits per heavy atom. The van der Waals surface area contributed by atoms with Crippen LogP contribution in [-0.2, 0) is 6.18 Å². The first-order valence-electron chi connectivity index (χ1n) is 4.42. The summed E-state index contributed by atoms with van der Waals surface area (Å²) in [6.07, 6.45) is -0.00172. The minimum Gasteiger partial charge on any atom is -0.368 e. The van der Waals surface area contributed by atoms with Crippen molar-refractivity contribution in [3.63, 3.8) is 0 Å². The van der Waals surface area contributed by atoms with Gasteiger partial charge in [-0.25, -0.2) is 9.97 Å². The highest BCUT2D eigenvalue weighted by Crippen LogP contribution is 2.31. The first-order chi connectivity index (χ1) is 7.45. The molecular formula is C9H10F3N3S. The zero-order valence-corrected chi connectivity index (χ0v) is 9.09. The Hall–Kier alpha value is -1.24. The van der Waals surface area contributed by atoms with Crippen molar-refractivity contribution in [2.75, 3.05) is 11.5 Å². The summed E-state index contributed by atoms with van der Waals surface area (Å²) in [7, 11) is 0. The Bertz CT molecular complexity index is 390. The van der Waals surface area contributed by atoms with Gasteiger partial charge in [0.25, 0.3) is 0 Å². The van der Waals surface area contributed by atoms with Crippen molar-refractivity contribution >= 4 is 24.7 Å². The molecule has 0 bridgehead atoms. The van der Waals surface area contributed by atoms with E-state index in [1.807, 2.05) is 0 Å². The van der Waals surface area contributed by atoms with Gasteiger partial charge in [0.15, 0.2) is 5.69 Å². The zero-order valence-electron chi connectivity index (χ0n) is 8.20. The maximum atomic E-state index is 12.5. The molecule has 0 fully saturated rings. The highest BCUT2D eigenvalue weighted by atomic mass is 32.1. The molecule has 0 unspecified atom stereocenters. The normalized spacial score (nSPS) is 12.2. The number of nitrogens with two attached hydrogens (primary N) is 1. The highest BCUT2D eigenvalue weighted by molar-refractivity contribution is 7.80. The van der Waals surface area contributed by atoms with E-state index in [0.717, 1.165) is 6.20 Å². The monoisotopic (exact) mass is 249 g/mol. The summed E-state index contributed by atoms with van der Waals surface area (Å²) >= 11 is 3.94. The molecule has 7 heteroatoms.